The molecule has 2 rings (SSSR count). The Morgan fingerprint density at radius 3 is 2.12 bits per heavy atom. The van der Waals surface area contributed by atoms with Crippen molar-refractivity contribution in [2.45, 2.75) is 31.1 Å². The minimum Gasteiger partial charge on any atom is -0.370 e. The normalized spacial score (nSPS) is 11.5. The van der Waals surface area contributed by atoms with Crippen LogP contribution in [0.3, 0.4) is 0 Å². The highest BCUT2D eigenvalue weighted by molar-refractivity contribution is 7.92. The van der Waals surface area contributed by atoms with Crippen molar-refractivity contribution in [2.24, 2.45) is 5.73 Å². The Labute approximate surface area is 143 Å². The summed E-state index contributed by atoms with van der Waals surface area (Å²) < 4.78 is 27.2. The third-order valence-corrected chi connectivity index (χ3v) is 5.58. The Morgan fingerprint density at radius 2 is 1.62 bits per heavy atom. The molecule has 0 radical (unpaired) electrons. The SMILES string of the molecule is CC(C)c1ccc(S(=O)(=O)N(CCC(N)=O)c2ccccc2)cc1. The number of primary amides is 1. The summed E-state index contributed by atoms with van der Waals surface area (Å²) in [7, 11) is -3.77. The van der Waals surface area contributed by atoms with E-state index in [-0.39, 0.29) is 17.9 Å². The maximum absolute atomic E-state index is 13.0. The molecule has 0 bridgehead atoms. The zero-order valence-corrected chi connectivity index (χ0v) is 14.7. The van der Waals surface area contributed by atoms with Gasteiger partial charge in [-0.1, -0.05) is 44.2 Å². The zero-order valence-electron chi connectivity index (χ0n) is 13.8. The summed E-state index contributed by atoms with van der Waals surface area (Å²) >= 11 is 0. The lowest BCUT2D eigenvalue weighted by molar-refractivity contribution is -0.117. The number of para-hydroxylation sites is 1. The average molecular weight is 346 g/mol. The van der Waals surface area contributed by atoms with Crippen LogP contribution in [0.25, 0.3) is 0 Å². The van der Waals surface area contributed by atoms with E-state index < -0.39 is 15.9 Å². The number of benzene rings is 2. The molecule has 0 aliphatic carbocycles. The number of nitrogens with two attached hydrogens (primary N) is 1. The Hall–Kier alpha value is -2.34. The number of hydrogen-bond acceptors (Lipinski definition) is 3. The van der Waals surface area contributed by atoms with Crippen LogP contribution in [-0.4, -0.2) is 20.9 Å². The fourth-order valence-electron chi connectivity index (χ4n) is 2.35. The van der Waals surface area contributed by atoms with Gasteiger partial charge < -0.3 is 5.73 Å². The zero-order chi connectivity index (χ0) is 17.7. The van der Waals surface area contributed by atoms with Gasteiger partial charge >= 0.3 is 0 Å². The summed E-state index contributed by atoms with van der Waals surface area (Å²) in [5, 5.41) is 0. The number of amides is 1. The summed E-state index contributed by atoms with van der Waals surface area (Å²) in [4.78, 5) is 11.3. The Kier molecular flexibility index (Phi) is 5.62. The third kappa shape index (κ3) is 4.14. The van der Waals surface area contributed by atoms with Crippen LogP contribution in [-0.2, 0) is 14.8 Å². The molecular weight excluding hydrogens is 324 g/mol. The van der Waals surface area contributed by atoms with Gasteiger partial charge in [0.25, 0.3) is 10.0 Å². The molecule has 0 atom stereocenters. The van der Waals surface area contributed by atoms with Crippen molar-refractivity contribution in [3.05, 3.63) is 60.2 Å². The van der Waals surface area contributed by atoms with E-state index in [1.807, 2.05) is 26.0 Å². The molecule has 0 aliphatic rings. The van der Waals surface area contributed by atoms with Crippen LogP contribution in [0.2, 0.25) is 0 Å². The predicted molar refractivity (Wildman–Crippen MR) is 95.3 cm³/mol. The van der Waals surface area contributed by atoms with Gasteiger partial charge in [-0.2, -0.15) is 0 Å². The van der Waals surface area contributed by atoms with Gasteiger partial charge in [-0.15, -0.1) is 0 Å². The molecule has 0 aromatic heterocycles. The van der Waals surface area contributed by atoms with Gasteiger partial charge in [-0.05, 0) is 35.7 Å². The number of carbonyl (C=O) groups excluding carboxylic acids is 1. The monoisotopic (exact) mass is 346 g/mol. The summed E-state index contributed by atoms with van der Waals surface area (Å²) in [6, 6.07) is 15.5. The average Bonchev–Trinajstić information content (AvgIpc) is 2.55. The van der Waals surface area contributed by atoms with Crippen LogP contribution in [0.1, 0.15) is 31.7 Å². The van der Waals surface area contributed by atoms with Gasteiger partial charge in [-0.3, -0.25) is 9.10 Å². The fraction of sp³-hybridized carbons (Fsp3) is 0.278. The quantitative estimate of drug-likeness (QED) is 0.837. The first-order valence-corrected chi connectivity index (χ1v) is 9.22. The van der Waals surface area contributed by atoms with Crippen molar-refractivity contribution in [1.29, 1.82) is 0 Å². The van der Waals surface area contributed by atoms with Crippen molar-refractivity contribution in [1.82, 2.24) is 0 Å². The van der Waals surface area contributed by atoms with Crippen molar-refractivity contribution in [2.75, 3.05) is 10.8 Å². The molecule has 6 heteroatoms. The van der Waals surface area contributed by atoms with E-state index >= 15 is 0 Å². The molecule has 5 nitrogen and oxygen atoms in total. The first kappa shape index (κ1) is 18.0. The van der Waals surface area contributed by atoms with Gasteiger partial charge in [0, 0.05) is 13.0 Å². The van der Waals surface area contributed by atoms with Crippen LogP contribution in [0.5, 0.6) is 0 Å². The molecule has 24 heavy (non-hydrogen) atoms. The Balaban J connectivity index is 2.41. The van der Waals surface area contributed by atoms with E-state index in [0.717, 1.165) is 5.56 Å². The molecule has 0 saturated carbocycles. The summed E-state index contributed by atoms with van der Waals surface area (Å²) in [6.45, 7) is 4.10. The highest BCUT2D eigenvalue weighted by atomic mass is 32.2. The second-order valence-corrected chi connectivity index (χ2v) is 7.72. The van der Waals surface area contributed by atoms with Crippen LogP contribution in [0, 0.1) is 0 Å². The third-order valence-electron chi connectivity index (χ3n) is 3.74. The molecule has 0 unspecified atom stereocenters. The van der Waals surface area contributed by atoms with Gasteiger partial charge in [0.1, 0.15) is 0 Å². The smallest absolute Gasteiger partial charge is 0.264 e. The maximum atomic E-state index is 13.0. The molecule has 2 aromatic carbocycles. The first-order valence-electron chi connectivity index (χ1n) is 7.78. The van der Waals surface area contributed by atoms with E-state index in [9.17, 15) is 13.2 Å². The standard InChI is InChI=1S/C18H22N2O3S/c1-14(2)15-8-10-17(11-9-15)24(22,23)20(13-12-18(19)21)16-6-4-3-5-7-16/h3-11,14H,12-13H2,1-2H3,(H2,19,21). The van der Waals surface area contributed by atoms with Crippen molar-refractivity contribution in [3.8, 4) is 0 Å². The number of hydrogen-bond donors (Lipinski definition) is 1. The number of anilines is 1. The largest absolute Gasteiger partial charge is 0.370 e. The number of nitrogens with zero attached hydrogens (tertiary/aromatic N) is 1. The molecule has 0 heterocycles. The molecule has 0 fully saturated rings. The van der Waals surface area contributed by atoms with E-state index in [1.165, 1.54) is 4.31 Å². The minimum atomic E-state index is -3.77. The second kappa shape index (κ2) is 7.49. The van der Waals surface area contributed by atoms with Crippen molar-refractivity contribution >= 4 is 21.6 Å². The maximum Gasteiger partial charge on any atom is 0.264 e. The molecule has 128 valence electrons. The Bertz CT molecular complexity index is 785. The first-order chi connectivity index (χ1) is 11.3. The van der Waals surface area contributed by atoms with E-state index in [2.05, 4.69) is 0 Å². The number of carbonyl (C=O) groups is 1. The lowest BCUT2D eigenvalue weighted by atomic mass is 10.0. The van der Waals surface area contributed by atoms with Crippen LogP contribution < -0.4 is 10.0 Å². The second-order valence-electron chi connectivity index (χ2n) is 5.85. The highest BCUT2D eigenvalue weighted by Gasteiger charge is 2.25. The summed E-state index contributed by atoms with van der Waals surface area (Å²) in [6.07, 6.45) is -0.0435. The predicted octanol–water partition coefficient (Wildman–Crippen LogP) is 2.88. The summed E-state index contributed by atoms with van der Waals surface area (Å²) in [5.41, 5.74) is 6.77. The number of rotatable bonds is 7. The lowest BCUT2D eigenvalue weighted by Gasteiger charge is -2.24. The lowest BCUT2D eigenvalue weighted by Crippen LogP contribution is -2.34. The molecule has 0 saturated heterocycles. The van der Waals surface area contributed by atoms with Crippen molar-refractivity contribution < 1.29 is 13.2 Å². The van der Waals surface area contributed by atoms with Gasteiger partial charge in [0.05, 0.1) is 10.6 Å². The van der Waals surface area contributed by atoms with Crippen molar-refractivity contribution in [3.63, 3.8) is 0 Å². The number of sulfonamides is 1. The Morgan fingerprint density at radius 1 is 1.04 bits per heavy atom. The van der Waals surface area contributed by atoms with Crippen LogP contribution in [0.4, 0.5) is 5.69 Å². The van der Waals surface area contributed by atoms with Crippen LogP contribution in [0.15, 0.2) is 59.5 Å². The molecular formula is C18H22N2O3S. The molecule has 1 amide bonds. The van der Waals surface area contributed by atoms with E-state index in [1.54, 1.807) is 42.5 Å². The molecule has 2 aromatic rings. The van der Waals surface area contributed by atoms with Crippen LogP contribution >= 0.6 is 0 Å². The van der Waals surface area contributed by atoms with Gasteiger partial charge in [0.15, 0.2) is 0 Å². The fourth-order valence-corrected chi connectivity index (χ4v) is 3.81. The molecule has 0 spiro atoms. The molecule has 0 aliphatic heterocycles. The van der Waals surface area contributed by atoms with E-state index in [4.69, 9.17) is 5.73 Å². The minimum absolute atomic E-state index is 0.00755. The van der Waals surface area contributed by atoms with E-state index in [0.29, 0.717) is 11.6 Å². The topological polar surface area (TPSA) is 80.5 Å². The van der Waals surface area contributed by atoms with Gasteiger partial charge in [-0.25, -0.2) is 8.42 Å². The molecule has 2 N–H and O–H groups in total. The highest BCUT2D eigenvalue weighted by Crippen LogP contribution is 2.25. The summed E-state index contributed by atoms with van der Waals surface area (Å²) in [5.74, 6) is -0.219. The van der Waals surface area contributed by atoms with Gasteiger partial charge in [0.2, 0.25) is 5.91 Å².